The molecule has 0 radical (unpaired) electrons. The van der Waals surface area contributed by atoms with Crippen LogP contribution in [0.1, 0.15) is 44.2 Å². The van der Waals surface area contributed by atoms with Crippen molar-refractivity contribution in [3.8, 4) is 5.75 Å². The smallest absolute Gasteiger partial charge is 0.255 e. The van der Waals surface area contributed by atoms with Gasteiger partial charge in [-0.05, 0) is 31.1 Å². The van der Waals surface area contributed by atoms with Gasteiger partial charge < -0.3 is 31.5 Å². The largest absolute Gasteiger partial charge is 0.508 e. The van der Waals surface area contributed by atoms with E-state index in [-0.39, 0.29) is 35.2 Å². The summed E-state index contributed by atoms with van der Waals surface area (Å²) >= 11 is 0. The first-order valence-electron chi connectivity index (χ1n) is 11.1. The maximum atomic E-state index is 15.0. The zero-order valence-electron chi connectivity index (χ0n) is 18.8. The van der Waals surface area contributed by atoms with Gasteiger partial charge >= 0.3 is 0 Å². The summed E-state index contributed by atoms with van der Waals surface area (Å²) in [6.07, 6.45) is 0.207. The van der Waals surface area contributed by atoms with Gasteiger partial charge in [0, 0.05) is 36.1 Å². The Morgan fingerprint density at radius 1 is 1.26 bits per heavy atom. The van der Waals surface area contributed by atoms with Crippen LogP contribution in [0.25, 0.3) is 5.76 Å². The van der Waals surface area contributed by atoms with Crippen molar-refractivity contribution in [3.05, 3.63) is 39.9 Å². The van der Waals surface area contributed by atoms with Gasteiger partial charge in [0.25, 0.3) is 5.91 Å². The fourth-order valence-corrected chi connectivity index (χ4v) is 5.27. The number of primary amides is 1. The number of nitrogens with one attached hydrogen (secondary N) is 1. The molecule has 0 saturated heterocycles. The molecule has 9 nitrogen and oxygen atoms in total. The number of Topliss-reactive ketones (excluding diaryl/α,β-unsaturated/α-hetero) is 2. The standard InChI is InChI=1S/C24H27FN2O7/c1-9(2)3-4-27-14-8-13(25)12-6-10-5-11-7-15(28)18(23(26)33)22(32)24(11,34)21(31)16(10)20(30)17(12)19(14)29/h8-11,27,29-30,32,34H,3-7H2,1-2H3,(H2,26,33)/t10?,11-,24-/m0/s1. The van der Waals surface area contributed by atoms with Gasteiger partial charge in [-0.15, -0.1) is 0 Å². The molecule has 10 heteroatoms. The molecule has 0 aromatic heterocycles. The Hall–Kier alpha value is -3.40. The number of hydrogen-bond donors (Lipinski definition) is 6. The zero-order valence-corrected chi connectivity index (χ0v) is 18.8. The van der Waals surface area contributed by atoms with Gasteiger partial charge in [-0.25, -0.2) is 4.39 Å². The van der Waals surface area contributed by atoms with Crippen LogP contribution >= 0.6 is 0 Å². The molecular formula is C24H27FN2O7. The lowest BCUT2D eigenvalue weighted by Crippen LogP contribution is -2.58. The predicted molar refractivity (Wildman–Crippen MR) is 119 cm³/mol. The van der Waals surface area contributed by atoms with Crippen LogP contribution in [-0.2, 0) is 20.8 Å². The SMILES string of the molecule is CC(C)CCNc1cc(F)c2c(c1O)C(O)=C1C(=O)[C@]3(O)C(O)=C(C(N)=O)C(=O)C[C@@H]3CC1C2. The van der Waals surface area contributed by atoms with Crippen LogP contribution in [0, 0.1) is 23.6 Å². The molecule has 3 atom stereocenters. The molecule has 1 unspecified atom stereocenters. The van der Waals surface area contributed by atoms with Crippen LogP contribution in [0.5, 0.6) is 5.75 Å². The Morgan fingerprint density at radius 3 is 2.56 bits per heavy atom. The van der Waals surface area contributed by atoms with Crippen molar-refractivity contribution in [2.24, 2.45) is 23.5 Å². The molecule has 34 heavy (non-hydrogen) atoms. The van der Waals surface area contributed by atoms with E-state index < -0.39 is 70.0 Å². The number of aliphatic hydroxyl groups is 3. The molecule has 1 aromatic carbocycles. The van der Waals surface area contributed by atoms with E-state index in [0.29, 0.717) is 12.5 Å². The number of aliphatic hydroxyl groups excluding tert-OH is 2. The number of fused-ring (bicyclic) bond motifs is 3. The number of anilines is 1. The highest BCUT2D eigenvalue weighted by Gasteiger charge is 2.60. The third-order valence-electron chi connectivity index (χ3n) is 7.05. The molecule has 1 aromatic rings. The summed E-state index contributed by atoms with van der Waals surface area (Å²) in [6.45, 7) is 4.45. The number of aromatic hydroxyl groups is 1. The summed E-state index contributed by atoms with van der Waals surface area (Å²) in [6, 6.07) is 1.13. The van der Waals surface area contributed by atoms with Crippen molar-refractivity contribution >= 4 is 28.9 Å². The molecule has 0 spiro atoms. The van der Waals surface area contributed by atoms with Gasteiger partial charge in [0.1, 0.15) is 28.7 Å². The van der Waals surface area contributed by atoms with Gasteiger partial charge in [-0.2, -0.15) is 0 Å². The van der Waals surface area contributed by atoms with Crippen LogP contribution in [0.3, 0.4) is 0 Å². The minimum absolute atomic E-state index is 0.0103. The number of hydrogen-bond acceptors (Lipinski definition) is 8. The number of halogens is 1. The molecular weight excluding hydrogens is 447 g/mol. The van der Waals surface area contributed by atoms with Crippen LogP contribution in [-0.4, -0.2) is 50.0 Å². The molecule has 3 aliphatic carbocycles. The summed E-state index contributed by atoms with van der Waals surface area (Å²) < 4.78 is 15.0. The summed E-state index contributed by atoms with van der Waals surface area (Å²) in [5.74, 6) is -7.68. The van der Waals surface area contributed by atoms with Crippen LogP contribution in [0.15, 0.2) is 23.0 Å². The second-order valence-electron chi connectivity index (χ2n) is 9.62. The van der Waals surface area contributed by atoms with Gasteiger partial charge in [0.15, 0.2) is 11.4 Å². The highest BCUT2D eigenvalue weighted by Crippen LogP contribution is 2.53. The third-order valence-corrected chi connectivity index (χ3v) is 7.05. The first-order chi connectivity index (χ1) is 15.9. The Balaban J connectivity index is 1.83. The van der Waals surface area contributed by atoms with E-state index in [9.17, 15) is 34.8 Å². The van der Waals surface area contributed by atoms with Crippen molar-refractivity contribution < 1.29 is 39.2 Å². The lowest BCUT2D eigenvalue weighted by Gasteiger charge is -2.46. The number of nitrogens with two attached hydrogens (primary N) is 1. The number of amides is 1. The van der Waals surface area contributed by atoms with Gasteiger partial charge in [0.2, 0.25) is 5.78 Å². The van der Waals surface area contributed by atoms with Crippen molar-refractivity contribution in [2.45, 2.75) is 45.1 Å². The lowest BCUT2D eigenvalue weighted by molar-refractivity contribution is -0.147. The van der Waals surface area contributed by atoms with Gasteiger partial charge in [-0.1, -0.05) is 13.8 Å². The number of ketones is 2. The fourth-order valence-electron chi connectivity index (χ4n) is 5.27. The average molecular weight is 474 g/mol. The summed E-state index contributed by atoms with van der Waals surface area (Å²) in [5, 5.41) is 46.5. The van der Waals surface area contributed by atoms with Crippen molar-refractivity contribution in [1.29, 1.82) is 0 Å². The van der Waals surface area contributed by atoms with Crippen molar-refractivity contribution in [2.75, 3.05) is 11.9 Å². The van der Waals surface area contributed by atoms with Gasteiger partial charge in [-0.3, -0.25) is 14.4 Å². The Bertz CT molecular complexity index is 1190. The summed E-state index contributed by atoms with van der Waals surface area (Å²) in [7, 11) is 0. The fraction of sp³-hybridized carbons (Fsp3) is 0.458. The highest BCUT2D eigenvalue weighted by atomic mass is 19.1. The first kappa shape index (κ1) is 23.7. The average Bonchev–Trinajstić information content (AvgIpc) is 2.73. The summed E-state index contributed by atoms with van der Waals surface area (Å²) in [5.41, 5.74) is 1.16. The second kappa shape index (κ2) is 8.12. The molecule has 4 rings (SSSR count). The maximum absolute atomic E-state index is 15.0. The maximum Gasteiger partial charge on any atom is 0.255 e. The zero-order chi connectivity index (χ0) is 25.1. The third kappa shape index (κ3) is 3.35. The number of phenolic OH excluding ortho intramolecular Hbond substituents is 1. The van der Waals surface area contributed by atoms with E-state index >= 15 is 4.39 Å². The van der Waals surface area contributed by atoms with Crippen LogP contribution < -0.4 is 11.1 Å². The lowest BCUT2D eigenvalue weighted by atomic mass is 9.59. The van der Waals surface area contributed by atoms with Crippen molar-refractivity contribution in [3.63, 3.8) is 0 Å². The topological polar surface area (TPSA) is 170 Å². The summed E-state index contributed by atoms with van der Waals surface area (Å²) in [4.78, 5) is 37.4. The number of carbonyl (C=O) groups is 3. The molecule has 0 aliphatic heterocycles. The number of carbonyl (C=O) groups excluding carboxylic acids is 3. The predicted octanol–water partition coefficient (Wildman–Crippen LogP) is 2.02. The number of benzene rings is 1. The van der Waals surface area contributed by atoms with E-state index in [4.69, 9.17) is 5.73 Å². The van der Waals surface area contributed by atoms with Crippen LogP contribution in [0.2, 0.25) is 0 Å². The van der Waals surface area contributed by atoms with E-state index in [1.807, 2.05) is 13.8 Å². The van der Waals surface area contributed by atoms with Crippen molar-refractivity contribution in [1.82, 2.24) is 0 Å². The Morgan fingerprint density at radius 2 is 1.94 bits per heavy atom. The van der Waals surface area contributed by atoms with E-state index in [2.05, 4.69) is 5.32 Å². The molecule has 3 aliphatic rings. The van der Waals surface area contributed by atoms with E-state index in [1.165, 1.54) is 0 Å². The van der Waals surface area contributed by atoms with Gasteiger partial charge in [0.05, 0.1) is 11.3 Å². The molecule has 1 saturated carbocycles. The monoisotopic (exact) mass is 474 g/mol. The molecule has 1 fully saturated rings. The normalized spacial score (nSPS) is 26.4. The molecule has 7 N–H and O–H groups in total. The van der Waals surface area contributed by atoms with E-state index in [0.717, 1.165) is 12.5 Å². The van der Waals surface area contributed by atoms with Crippen LogP contribution in [0.4, 0.5) is 10.1 Å². The highest BCUT2D eigenvalue weighted by molar-refractivity contribution is 6.22. The van der Waals surface area contributed by atoms with E-state index in [1.54, 1.807) is 0 Å². The Kier molecular flexibility index (Phi) is 5.67. The molecule has 0 heterocycles. The Labute approximate surface area is 194 Å². The molecule has 182 valence electrons. The number of phenols is 1. The second-order valence-corrected chi connectivity index (χ2v) is 9.62. The minimum Gasteiger partial charge on any atom is -0.508 e. The first-order valence-corrected chi connectivity index (χ1v) is 11.1. The molecule has 0 bridgehead atoms. The minimum atomic E-state index is -2.64. The molecule has 1 amide bonds. The quantitative estimate of drug-likeness (QED) is 0.278. The number of rotatable bonds is 5.